The van der Waals surface area contributed by atoms with Crippen LogP contribution in [0.2, 0.25) is 5.02 Å². The second kappa shape index (κ2) is 3.31. The van der Waals surface area contributed by atoms with Gasteiger partial charge in [0.1, 0.15) is 16.7 Å². The van der Waals surface area contributed by atoms with Crippen molar-refractivity contribution in [3.8, 4) is 0 Å². The number of rotatable bonds is 1. The zero-order valence-corrected chi connectivity index (χ0v) is 6.38. The summed E-state index contributed by atoms with van der Waals surface area (Å²) >= 11 is 5.06. The Hall–Kier alpha value is -0.770. The van der Waals surface area contributed by atoms with Gasteiger partial charge in [0.25, 0.3) is 6.43 Å². The van der Waals surface area contributed by atoms with Crippen LogP contribution in [0, 0.1) is 11.6 Å². The van der Waals surface area contributed by atoms with Crippen LogP contribution in [0.15, 0.2) is 12.1 Å². The molecule has 12 heavy (non-hydrogen) atoms. The van der Waals surface area contributed by atoms with E-state index in [1.54, 1.807) is 0 Å². The molecule has 0 aromatic heterocycles. The van der Waals surface area contributed by atoms with Gasteiger partial charge in [0.2, 0.25) is 0 Å². The van der Waals surface area contributed by atoms with E-state index in [4.69, 9.17) is 11.6 Å². The van der Waals surface area contributed by atoms with Crippen LogP contribution in [-0.2, 0) is 0 Å². The average Bonchev–Trinajstić information content (AvgIpc) is 1.99. The molecule has 1 aromatic carbocycles. The monoisotopic (exact) mass is 198 g/mol. The van der Waals surface area contributed by atoms with Crippen LogP contribution in [0.25, 0.3) is 0 Å². The number of alkyl halides is 2. The normalized spacial score (nSPS) is 10.8. The maximum Gasteiger partial charge on any atom is 0.264 e. The third-order valence-electron chi connectivity index (χ3n) is 1.26. The van der Waals surface area contributed by atoms with E-state index >= 15 is 0 Å². The number of benzene rings is 1. The van der Waals surface area contributed by atoms with E-state index in [1.165, 1.54) is 0 Å². The summed E-state index contributed by atoms with van der Waals surface area (Å²) in [4.78, 5) is 0. The molecule has 0 spiro atoms. The third kappa shape index (κ3) is 1.69. The van der Waals surface area contributed by atoms with E-state index in [9.17, 15) is 17.6 Å². The Morgan fingerprint density at radius 2 is 1.50 bits per heavy atom. The van der Waals surface area contributed by atoms with Gasteiger partial charge >= 0.3 is 0 Å². The molecule has 0 aliphatic carbocycles. The number of hydrogen-bond acceptors (Lipinski definition) is 0. The molecule has 0 nitrogen and oxygen atoms in total. The molecule has 0 unspecified atom stereocenters. The molecule has 0 saturated carbocycles. The largest absolute Gasteiger partial charge is 0.264 e. The fourth-order valence-electron chi connectivity index (χ4n) is 0.701. The van der Waals surface area contributed by atoms with Crippen molar-refractivity contribution in [2.24, 2.45) is 0 Å². The molecule has 0 aliphatic heterocycles. The predicted octanol–water partition coefficient (Wildman–Crippen LogP) is 3.56. The highest BCUT2D eigenvalue weighted by atomic mass is 35.5. The molecule has 0 atom stereocenters. The van der Waals surface area contributed by atoms with Crippen LogP contribution in [0.1, 0.15) is 12.0 Å². The number of halogens is 5. The van der Waals surface area contributed by atoms with Crippen LogP contribution in [0.3, 0.4) is 0 Å². The zero-order chi connectivity index (χ0) is 9.30. The first-order chi connectivity index (χ1) is 5.52. The molecule has 1 aromatic rings. The van der Waals surface area contributed by atoms with Crippen molar-refractivity contribution in [1.82, 2.24) is 0 Å². The van der Waals surface area contributed by atoms with Gasteiger partial charge in [-0.15, -0.1) is 0 Å². The summed E-state index contributed by atoms with van der Waals surface area (Å²) in [6.45, 7) is 0. The summed E-state index contributed by atoms with van der Waals surface area (Å²) in [7, 11) is 0. The van der Waals surface area contributed by atoms with Crippen LogP contribution in [-0.4, -0.2) is 0 Å². The van der Waals surface area contributed by atoms with Gasteiger partial charge in [-0.2, -0.15) is 0 Å². The van der Waals surface area contributed by atoms with Gasteiger partial charge in [-0.1, -0.05) is 11.6 Å². The SMILES string of the molecule is Fc1cc(C(F)F)cc(F)c1Cl. The molecule has 0 fully saturated rings. The first-order valence-electron chi connectivity index (χ1n) is 2.95. The highest BCUT2D eigenvalue weighted by molar-refractivity contribution is 6.30. The molecular weight excluding hydrogens is 196 g/mol. The molecule has 0 N–H and O–H groups in total. The second-order valence-electron chi connectivity index (χ2n) is 2.10. The zero-order valence-electron chi connectivity index (χ0n) is 5.62. The first-order valence-corrected chi connectivity index (χ1v) is 3.32. The summed E-state index contributed by atoms with van der Waals surface area (Å²) in [6, 6.07) is 1.02. The summed E-state index contributed by atoms with van der Waals surface area (Å²) in [6.07, 6.45) is -2.90. The Labute approximate surface area is 70.8 Å². The minimum atomic E-state index is -2.90. The molecule has 1 rings (SSSR count). The maximum absolute atomic E-state index is 12.5. The van der Waals surface area contributed by atoms with E-state index in [2.05, 4.69) is 0 Å². The highest BCUT2D eigenvalue weighted by Crippen LogP contribution is 2.26. The topological polar surface area (TPSA) is 0 Å². The lowest BCUT2D eigenvalue weighted by Crippen LogP contribution is -1.90. The van der Waals surface area contributed by atoms with E-state index in [1.807, 2.05) is 0 Å². The van der Waals surface area contributed by atoms with Crippen molar-refractivity contribution in [2.75, 3.05) is 0 Å². The van der Waals surface area contributed by atoms with Crippen molar-refractivity contribution >= 4 is 11.6 Å². The van der Waals surface area contributed by atoms with Gasteiger partial charge in [0, 0.05) is 5.56 Å². The summed E-state index contributed by atoms with van der Waals surface area (Å²) < 4.78 is 48.8. The van der Waals surface area contributed by atoms with Crippen LogP contribution in [0.5, 0.6) is 0 Å². The molecular formula is C7H3ClF4. The highest BCUT2D eigenvalue weighted by Gasteiger charge is 2.14. The van der Waals surface area contributed by atoms with Crippen molar-refractivity contribution in [3.05, 3.63) is 34.4 Å². The van der Waals surface area contributed by atoms with Crippen molar-refractivity contribution < 1.29 is 17.6 Å². The first kappa shape index (κ1) is 9.32. The molecule has 0 bridgehead atoms. The summed E-state index contributed by atoms with van der Waals surface area (Å²) in [5, 5.41) is -0.764. The molecule has 66 valence electrons. The fraction of sp³-hybridized carbons (Fsp3) is 0.143. The van der Waals surface area contributed by atoms with E-state index < -0.39 is 28.6 Å². The van der Waals surface area contributed by atoms with Gasteiger partial charge in [0.15, 0.2) is 0 Å². The van der Waals surface area contributed by atoms with Gasteiger partial charge in [0.05, 0.1) is 0 Å². The Balaban J connectivity index is 3.21. The lowest BCUT2D eigenvalue weighted by atomic mass is 10.2. The predicted molar refractivity (Wildman–Crippen MR) is 36.3 cm³/mol. The molecule has 0 aliphatic rings. The van der Waals surface area contributed by atoms with Crippen LogP contribution in [0.4, 0.5) is 17.6 Å². The third-order valence-corrected chi connectivity index (χ3v) is 1.62. The minimum absolute atomic E-state index is 0.510. The molecule has 0 saturated heterocycles. The van der Waals surface area contributed by atoms with Gasteiger partial charge in [-0.05, 0) is 12.1 Å². The van der Waals surface area contributed by atoms with Crippen LogP contribution >= 0.6 is 11.6 Å². The average molecular weight is 199 g/mol. The van der Waals surface area contributed by atoms with Gasteiger partial charge in [-0.25, -0.2) is 17.6 Å². The van der Waals surface area contributed by atoms with Crippen molar-refractivity contribution in [2.45, 2.75) is 6.43 Å². The maximum atomic E-state index is 12.5. The fourth-order valence-corrected chi connectivity index (χ4v) is 0.810. The smallest absolute Gasteiger partial charge is 0.205 e. The minimum Gasteiger partial charge on any atom is -0.205 e. The second-order valence-corrected chi connectivity index (χ2v) is 2.48. The molecule has 5 heteroatoms. The van der Waals surface area contributed by atoms with E-state index in [-0.39, 0.29) is 0 Å². The summed E-state index contributed by atoms with van der Waals surface area (Å²) in [5.41, 5.74) is -0.714. The standard InChI is InChI=1S/C7H3ClF4/c8-6-4(9)1-3(7(11)12)2-5(6)10/h1-2,7H. The van der Waals surface area contributed by atoms with Crippen molar-refractivity contribution in [3.63, 3.8) is 0 Å². The summed E-state index contributed by atoms with van der Waals surface area (Å²) in [5.74, 6) is -2.35. The lowest BCUT2D eigenvalue weighted by molar-refractivity contribution is 0.150. The Kier molecular flexibility index (Phi) is 2.57. The van der Waals surface area contributed by atoms with E-state index in [0.717, 1.165) is 0 Å². The molecule has 0 radical (unpaired) electrons. The lowest BCUT2D eigenvalue weighted by Gasteiger charge is -2.01. The Morgan fingerprint density at radius 3 is 1.83 bits per heavy atom. The van der Waals surface area contributed by atoms with E-state index in [0.29, 0.717) is 12.1 Å². The molecule has 0 amide bonds. The van der Waals surface area contributed by atoms with Gasteiger partial charge < -0.3 is 0 Å². The Bertz CT molecular complexity index is 274. The molecule has 0 heterocycles. The van der Waals surface area contributed by atoms with Crippen LogP contribution < -0.4 is 0 Å². The number of hydrogen-bond donors (Lipinski definition) is 0. The quantitative estimate of drug-likeness (QED) is 0.478. The Morgan fingerprint density at radius 1 is 1.08 bits per heavy atom. The van der Waals surface area contributed by atoms with Gasteiger partial charge in [-0.3, -0.25) is 0 Å². The van der Waals surface area contributed by atoms with Crippen molar-refractivity contribution in [1.29, 1.82) is 0 Å².